The Morgan fingerprint density at radius 1 is 1.37 bits per heavy atom. The molecule has 2 N–H and O–H groups in total. The Morgan fingerprint density at radius 3 is 2.58 bits per heavy atom. The number of aromatic nitrogens is 2. The summed E-state index contributed by atoms with van der Waals surface area (Å²) in [5.74, 6) is 0.115. The van der Waals surface area contributed by atoms with Crippen LogP contribution in [0.15, 0.2) is 0 Å². The highest BCUT2D eigenvalue weighted by Crippen LogP contribution is 2.18. The van der Waals surface area contributed by atoms with Crippen LogP contribution in [0.4, 0.5) is 0 Å². The normalized spacial score (nSPS) is 16.9. The molecule has 0 bridgehead atoms. The zero-order valence-corrected chi connectivity index (χ0v) is 12.1. The Kier molecular flexibility index (Phi) is 4.24. The molecule has 0 unspecified atom stereocenters. The summed E-state index contributed by atoms with van der Waals surface area (Å²) in [5.41, 5.74) is 8.49. The second-order valence-electron chi connectivity index (χ2n) is 5.40. The topological polar surface area (TPSA) is 64.2 Å². The Labute approximate surface area is 114 Å². The van der Waals surface area contributed by atoms with E-state index in [9.17, 15) is 4.79 Å². The van der Waals surface area contributed by atoms with Gasteiger partial charge in [0.15, 0.2) is 0 Å². The molecule has 0 radical (unpaired) electrons. The van der Waals surface area contributed by atoms with Gasteiger partial charge in [-0.2, -0.15) is 5.10 Å². The summed E-state index contributed by atoms with van der Waals surface area (Å²) >= 11 is 0. The second kappa shape index (κ2) is 5.74. The third-order valence-corrected chi connectivity index (χ3v) is 3.86. The van der Waals surface area contributed by atoms with Crippen LogP contribution in [0.1, 0.15) is 47.9 Å². The van der Waals surface area contributed by atoms with Crippen molar-refractivity contribution >= 4 is 5.91 Å². The molecule has 0 aromatic carbocycles. The molecule has 0 atom stereocenters. The van der Waals surface area contributed by atoms with Crippen molar-refractivity contribution in [2.45, 2.75) is 52.6 Å². The number of hydrogen-bond acceptors (Lipinski definition) is 3. The van der Waals surface area contributed by atoms with Crippen molar-refractivity contribution in [1.82, 2.24) is 14.7 Å². The average Bonchev–Trinajstić information content (AvgIpc) is 2.65. The number of nitrogens with two attached hydrogens (primary N) is 1. The lowest BCUT2D eigenvalue weighted by molar-refractivity contribution is 0.0713. The predicted molar refractivity (Wildman–Crippen MR) is 75.1 cm³/mol. The first-order chi connectivity index (χ1) is 9.04. The number of carbonyl (C=O) groups is 1. The first-order valence-corrected chi connectivity index (χ1v) is 7.13. The fourth-order valence-electron chi connectivity index (χ4n) is 2.70. The van der Waals surface area contributed by atoms with E-state index in [1.165, 1.54) is 0 Å². The van der Waals surface area contributed by atoms with Gasteiger partial charge in [-0.3, -0.25) is 9.48 Å². The van der Waals surface area contributed by atoms with E-state index in [1.807, 2.05) is 23.4 Å². The molecular weight excluding hydrogens is 240 g/mol. The van der Waals surface area contributed by atoms with Gasteiger partial charge >= 0.3 is 0 Å². The van der Waals surface area contributed by atoms with E-state index >= 15 is 0 Å². The summed E-state index contributed by atoms with van der Waals surface area (Å²) in [5, 5.41) is 4.48. The molecule has 1 amide bonds. The number of piperidine rings is 1. The van der Waals surface area contributed by atoms with Gasteiger partial charge in [-0.25, -0.2) is 0 Å². The lowest BCUT2D eigenvalue weighted by atomic mass is 10.0. The van der Waals surface area contributed by atoms with Crippen LogP contribution in [0, 0.1) is 13.8 Å². The Morgan fingerprint density at radius 2 is 2.00 bits per heavy atom. The maximum Gasteiger partial charge on any atom is 0.257 e. The lowest BCUT2D eigenvalue weighted by Gasteiger charge is -2.30. The summed E-state index contributed by atoms with van der Waals surface area (Å²) in [6, 6.07) is 0.244. The van der Waals surface area contributed by atoms with Crippen molar-refractivity contribution in [3.05, 3.63) is 17.0 Å². The number of amides is 1. The SMILES string of the molecule is CCCn1nc(C)c(C(=O)N2CCC(N)CC2)c1C. The molecule has 5 heteroatoms. The quantitative estimate of drug-likeness (QED) is 0.899. The van der Waals surface area contributed by atoms with Crippen LogP contribution < -0.4 is 5.73 Å². The van der Waals surface area contributed by atoms with Gasteiger partial charge in [-0.1, -0.05) is 6.92 Å². The summed E-state index contributed by atoms with van der Waals surface area (Å²) in [6.07, 6.45) is 2.81. The largest absolute Gasteiger partial charge is 0.338 e. The zero-order chi connectivity index (χ0) is 14.0. The van der Waals surface area contributed by atoms with Crippen LogP contribution in [0.3, 0.4) is 0 Å². The Hall–Kier alpha value is -1.36. The molecule has 5 nitrogen and oxygen atoms in total. The molecule has 1 aromatic rings. The van der Waals surface area contributed by atoms with E-state index in [0.717, 1.165) is 55.8 Å². The third-order valence-electron chi connectivity index (χ3n) is 3.86. The number of rotatable bonds is 3. The Bertz CT molecular complexity index is 458. The van der Waals surface area contributed by atoms with E-state index in [4.69, 9.17) is 5.73 Å². The highest BCUT2D eigenvalue weighted by atomic mass is 16.2. The zero-order valence-electron chi connectivity index (χ0n) is 12.1. The van der Waals surface area contributed by atoms with Crippen molar-refractivity contribution in [3.8, 4) is 0 Å². The molecule has 2 heterocycles. The molecular formula is C14H24N4O. The molecule has 1 aliphatic rings. The molecule has 0 aliphatic carbocycles. The fraction of sp³-hybridized carbons (Fsp3) is 0.714. The predicted octanol–water partition coefficient (Wildman–Crippen LogP) is 1.47. The van der Waals surface area contributed by atoms with E-state index < -0.39 is 0 Å². The van der Waals surface area contributed by atoms with Crippen molar-refractivity contribution in [2.75, 3.05) is 13.1 Å². The van der Waals surface area contributed by atoms with Crippen LogP contribution in [0.5, 0.6) is 0 Å². The average molecular weight is 264 g/mol. The number of aryl methyl sites for hydroxylation is 2. The van der Waals surface area contributed by atoms with Crippen molar-refractivity contribution in [1.29, 1.82) is 0 Å². The van der Waals surface area contributed by atoms with Crippen molar-refractivity contribution in [2.24, 2.45) is 5.73 Å². The van der Waals surface area contributed by atoms with Gasteiger partial charge in [0.25, 0.3) is 5.91 Å². The van der Waals surface area contributed by atoms with Gasteiger partial charge in [0, 0.05) is 31.4 Å². The van der Waals surface area contributed by atoms with Crippen LogP contribution in [-0.2, 0) is 6.54 Å². The number of nitrogens with zero attached hydrogens (tertiary/aromatic N) is 3. The van der Waals surface area contributed by atoms with Gasteiger partial charge in [0.1, 0.15) is 0 Å². The highest BCUT2D eigenvalue weighted by molar-refractivity contribution is 5.96. The second-order valence-corrected chi connectivity index (χ2v) is 5.40. The molecule has 0 spiro atoms. The van der Waals surface area contributed by atoms with Crippen LogP contribution in [-0.4, -0.2) is 39.7 Å². The fourth-order valence-corrected chi connectivity index (χ4v) is 2.70. The molecule has 1 saturated heterocycles. The van der Waals surface area contributed by atoms with Gasteiger partial charge in [0.05, 0.1) is 11.3 Å². The minimum atomic E-state index is 0.115. The summed E-state index contributed by atoms with van der Waals surface area (Å²) in [6.45, 7) is 8.41. The third kappa shape index (κ3) is 2.81. The van der Waals surface area contributed by atoms with Gasteiger partial charge < -0.3 is 10.6 Å². The molecule has 0 saturated carbocycles. The van der Waals surface area contributed by atoms with E-state index in [2.05, 4.69) is 12.0 Å². The number of carbonyl (C=O) groups excluding carboxylic acids is 1. The van der Waals surface area contributed by atoms with Crippen molar-refractivity contribution in [3.63, 3.8) is 0 Å². The maximum absolute atomic E-state index is 12.6. The van der Waals surface area contributed by atoms with Gasteiger partial charge in [-0.05, 0) is 33.1 Å². The molecule has 2 rings (SSSR count). The van der Waals surface area contributed by atoms with Crippen LogP contribution >= 0.6 is 0 Å². The van der Waals surface area contributed by atoms with E-state index in [0.29, 0.717) is 0 Å². The standard InChI is InChI=1S/C14H24N4O/c1-4-7-18-11(3)13(10(2)16-18)14(19)17-8-5-12(15)6-9-17/h12H,4-9,15H2,1-3H3. The number of likely N-dealkylation sites (tertiary alicyclic amines) is 1. The number of hydrogen-bond donors (Lipinski definition) is 1. The molecule has 1 aromatic heterocycles. The molecule has 1 aliphatic heterocycles. The van der Waals surface area contributed by atoms with E-state index in [1.54, 1.807) is 0 Å². The summed E-state index contributed by atoms with van der Waals surface area (Å²) in [4.78, 5) is 14.5. The molecule has 1 fully saturated rings. The van der Waals surface area contributed by atoms with Crippen molar-refractivity contribution < 1.29 is 4.79 Å². The first-order valence-electron chi connectivity index (χ1n) is 7.13. The van der Waals surface area contributed by atoms with Gasteiger partial charge in [0.2, 0.25) is 0 Å². The van der Waals surface area contributed by atoms with E-state index in [-0.39, 0.29) is 11.9 Å². The smallest absolute Gasteiger partial charge is 0.257 e. The first kappa shape index (κ1) is 14.1. The lowest BCUT2D eigenvalue weighted by Crippen LogP contribution is -2.43. The minimum absolute atomic E-state index is 0.115. The van der Waals surface area contributed by atoms with Gasteiger partial charge in [-0.15, -0.1) is 0 Å². The monoisotopic (exact) mass is 264 g/mol. The molecule has 106 valence electrons. The summed E-state index contributed by atoms with van der Waals surface area (Å²) < 4.78 is 1.94. The van der Waals surface area contributed by atoms with Crippen LogP contribution in [0.2, 0.25) is 0 Å². The minimum Gasteiger partial charge on any atom is -0.338 e. The van der Waals surface area contributed by atoms with Crippen LogP contribution in [0.25, 0.3) is 0 Å². The summed E-state index contributed by atoms with van der Waals surface area (Å²) in [7, 11) is 0. The maximum atomic E-state index is 12.6. The highest BCUT2D eigenvalue weighted by Gasteiger charge is 2.26. The Balaban J connectivity index is 2.19. The molecule has 19 heavy (non-hydrogen) atoms.